The molecule has 0 aromatic carbocycles. The van der Waals surface area contributed by atoms with Gasteiger partial charge < -0.3 is 19.7 Å². The van der Waals surface area contributed by atoms with Gasteiger partial charge in [-0.25, -0.2) is 0 Å². The van der Waals surface area contributed by atoms with Crippen molar-refractivity contribution < 1.29 is 14.0 Å². The Balaban J connectivity index is 2.01. The summed E-state index contributed by atoms with van der Waals surface area (Å²) >= 11 is 0. The Morgan fingerprint density at radius 1 is 1.50 bits per heavy atom. The number of methoxy groups -OCH3 is 1. The number of aromatic nitrogens is 2. The lowest BCUT2D eigenvalue weighted by Crippen LogP contribution is -2.18. The Morgan fingerprint density at radius 3 is 2.94 bits per heavy atom. The van der Waals surface area contributed by atoms with Crippen LogP contribution in [-0.4, -0.2) is 29.9 Å². The van der Waals surface area contributed by atoms with E-state index in [-0.39, 0.29) is 18.3 Å². The van der Waals surface area contributed by atoms with Gasteiger partial charge in [0, 0.05) is 13.7 Å². The first-order chi connectivity index (χ1) is 8.78. The average Bonchev–Trinajstić information content (AvgIpc) is 3.03. The molecule has 3 unspecified atom stereocenters. The minimum absolute atomic E-state index is 0.0980. The molecule has 6 heteroatoms. The molecule has 2 N–H and O–H groups in total. The monoisotopic (exact) mass is 255 g/mol. The molecular formula is C12H21N3O3. The van der Waals surface area contributed by atoms with Crippen molar-refractivity contribution in [2.24, 2.45) is 5.73 Å². The number of nitrogens with zero attached hydrogens (tertiary/aromatic N) is 2. The fraction of sp³-hybridized carbons (Fsp3) is 0.833. The number of hydrogen-bond donors (Lipinski definition) is 1. The molecule has 0 radical (unpaired) electrons. The van der Waals surface area contributed by atoms with E-state index in [1.165, 1.54) is 0 Å². The topological polar surface area (TPSA) is 83.4 Å². The van der Waals surface area contributed by atoms with Gasteiger partial charge in [0.1, 0.15) is 12.2 Å². The third-order valence-corrected chi connectivity index (χ3v) is 3.23. The van der Waals surface area contributed by atoms with Crippen molar-refractivity contribution in [1.82, 2.24) is 10.1 Å². The third kappa shape index (κ3) is 2.88. The summed E-state index contributed by atoms with van der Waals surface area (Å²) in [6, 6.07) is 0. The second-order valence-electron chi connectivity index (χ2n) is 4.56. The van der Waals surface area contributed by atoms with E-state index >= 15 is 0 Å². The predicted octanol–water partition coefficient (Wildman–Crippen LogP) is 1.74. The molecule has 0 aliphatic carbocycles. The van der Waals surface area contributed by atoms with Gasteiger partial charge in [-0.3, -0.25) is 0 Å². The van der Waals surface area contributed by atoms with Crippen molar-refractivity contribution in [3.8, 4) is 0 Å². The summed E-state index contributed by atoms with van der Waals surface area (Å²) in [6.07, 6.45) is 3.62. The normalized spacial score (nSPS) is 25.5. The SMILES string of the molecule is CCCC(OC)c1noc(C2CCC(CN)O2)n1. The summed E-state index contributed by atoms with van der Waals surface area (Å²) in [5.74, 6) is 1.15. The molecule has 3 atom stereocenters. The lowest BCUT2D eigenvalue weighted by atomic mass is 10.2. The maximum atomic E-state index is 5.72. The maximum Gasteiger partial charge on any atom is 0.255 e. The third-order valence-electron chi connectivity index (χ3n) is 3.23. The molecular weight excluding hydrogens is 234 g/mol. The standard InChI is InChI=1S/C12H21N3O3/c1-3-4-9(16-2)11-14-12(18-15-11)10-6-5-8(7-13)17-10/h8-10H,3-7,13H2,1-2H3. The smallest absolute Gasteiger partial charge is 0.255 e. The van der Waals surface area contributed by atoms with Crippen LogP contribution >= 0.6 is 0 Å². The van der Waals surface area contributed by atoms with Crippen LogP contribution in [0.25, 0.3) is 0 Å². The van der Waals surface area contributed by atoms with E-state index < -0.39 is 0 Å². The van der Waals surface area contributed by atoms with Crippen LogP contribution in [0, 0.1) is 0 Å². The van der Waals surface area contributed by atoms with Crippen molar-refractivity contribution in [2.45, 2.75) is 50.9 Å². The highest BCUT2D eigenvalue weighted by Gasteiger charge is 2.30. The fourth-order valence-electron chi connectivity index (χ4n) is 2.18. The van der Waals surface area contributed by atoms with Gasteiger partial charge >= 0.3 is 0 Å². The van der Waals surface area contributed by atoms with E-state index in [0.717, 1.165) is 25.7 Å². The zero-order valence-corrected chi connectivity index (χ0v) is 11.0. The van der Waals surface area contributed by atoms with Crippen molar-refractivity contribution in [3.05, 3.63) is 11.7 Å². The molecule has 0 bridgehead atoms. The summed E-state index contributed by atoms with van der Waals surface area (Å²) in [6.45, 7) is 2.63. The number of ether oxygens (including phenoxy) is 2. The summed E-state index contributed by atoms with van der Waals surface area (Å²) in [5, 5.41) is 3.98. The van der Waals surface area contributed by atoms with Gasteiger partial charge in [-0.1, -0.05) is 18.5 Å². The molecule has 2 heterocycles. The summed E-state index contributed by atoms with van der Waals surface area (Å²) in [7, 11) is 1.66. The van der Waals surface area contributed by atoms with Crippen LogP contribution in [0.4, 0.5) is 0 Å². The molecule has 18 heavy (non-hydrogen) atoms. The molecule has 2 rings (SSSR count). The highest BCUT2D eigenvalue weighted by atomic mass is 16.5. The van der Waals surface area contributed by atoms with Gasteiger partial charge in [-0.05, 0) is 19.3 Å². The molecule has 1 saturated heterocycles. The van der Waals surface area contributed by atoms with Crippen LogP contribution in [0.5, 0.6) is 0 Å². The molecule has 6 nitrogen and oxygen atoms in total. The summed E-state index contributed by atoms with van der Waals surface area (Å²) < 4.78 is 16.3. The van der Waals surface area contributed by atoms with Crippen LogP contribution in [0.2, 0.25) is 0 Å². The Hall–Kier alpha value is -0.980. The summed E-state index contributed by atoms with van der Waals surface area (Å²) in [4.78, 5) is 4.38. The molecule has 1 aromatic heterocycles. The molecule has 1 aliphatic rings. The quantitative estimate of drug-likeness (QED) is 0.833. The van der Waals surface area contributed by atoms with Gasteiger partial charge in [-0.15, -0.1) is 0 Å². The number of rotatable bonds is 6. The number of nitrogens with two attached hydrogens (primary N) is 1. The molecule has 1 aliphatic heterocycles. The molecule has 1 aromatic rings. The van der Waals surface area contributed by atoms with Crippen molar-refractivity contribution in [2.75, 3.05) is 13.7 Å². The molecule has 1 fully saturated rings. The van der Waals surface area contributed by atoms with Crippen molar-refractivity contribution in [3.63, 3.8) is 0 Å². The minimum Gasteiger partial charge on any atom is -0.373 e. The second kappa shape index (κ2) is 6.26. The highest BCUT2D eigenvalue weighted by Crippen LogP contribution is 2.32. The largest absolute Gasteiger partial charge is 0.373 e. The Kier molecular flexibility index (Phi) is 4.68. The Labute approximate surface area is 107 Å². The molecule has 102 valence electrons. The summed E-state index contributed by atoms with van der Waals surface area (Å²) in [5.41, 5.74) is 5.58. The molecule has 0 spiro atoms. The van der Waals surface area contributed by atoms with E-state index in [0.29, 0.717) is 18.3 Å². The van der Waals surface area contributed by atoms with E-state index in [1.807, 2.05) is 0 Å². The predicted molar refractivity (Wildman–Crippen MR) is 64.9 cm³/mol. The van der Waals surface area contributed by atoms with Gasteiger partial charge in [0.25, 0.3) is 5.89 Å². The van der Waals surface area contributed by atoms with Crippen LogP contribution in [0.15, 0.2) is 4.52 Å². The van der Waals surface area contributed by atoms with Crippen LogP contribution in [-0.2, 0) is 9.47 Å². The first kappa shape index (κ1) is 13.5. The Morgan fingerprint density at radius 2 is 2.33 bits per heavy atom. The van der Waals surface area contributed by atoms with E-state index in [2.05, 4.69) is 17.1 Å². The zero-order valence-electron chi connectivity index (χ0n) is 11.0. The van der Waals surface area contributed by atoms with Gasteiger partial charge in [0.15, 0.2) is 0 Å². The Bertz CT molecular complexity index is 369. The van der Waals surface area contributed by atoms with Crippen LogP contribution in [0.3, 0.4) is 0 Å². The van der Waals surface area contributed by atoms with Crippen molar-refractivity contribution in [1.29, 1.82) is 0 Å². The lowest BCUT2D eigenvalue weighted by molar-refractivity contribution is 0.0306. The minimum atomic E-state index is -0.112. The number of hydrogen-bond acceptors (Lipinski definition) is 6. The van der Waals surface area contributed by atoms with Crippen LogP contribution < -0.4 is 5.73 Å². The van der Waals surface area contributed by atoms with E-state index in [1.54, 1.807) is 7.11 Å². The molecule has 0 saturated carbocycles. The molecule has 0 amide bonds. The van der Waals surface area contributed by atoms with Gasteiger partial charge in [0.2, 0.25) is 5.82 Å². The first-order valence-electron chi connectivity index (χ1n) is 6.50. The fourth-order valence-corrected chi connectivity index (χ4v) is 2.18. The maximum absolute atomic E-state index is 5.72. The van der Waals surface area contributed by atoms with Gasteiger partial charge in [-0.2, -0.15) is 4.98 Å². The zero-order chi connectivity index (χ0) is 13.0. The van der Waals surface area contributed by atoms with E-state index in [9.17, 15) is 0 Å². The average molecular weight is 255 g/mol. The highest BCUT2D eigenvalue weighted by molar-refractivity contribution is 4.96. The lowest BCUT2D eigenvalue weighted by Gasteiger charge is -2.09. The van der Waals surface area contributed by atoms with Crippen LogP contribution in [0.1, 0.15) is 56.5 Å². The van der Waals surface area contributed by atoms with Crippen molar-refractivity contribution >= 4 is 0 Å². The first-order valence-corrected chi connectivity index (χ1v) is 6.50. The second-order valence-corrected chi connectivity index (χ2v) is 4.56. The van der Waals surface area contributed by atoms with E-state index in [4.69, 9.17) is 19.7 Å². The van der Waals surface area contributed by atoms with Gasteiger partial charge in [0.05, 0.1) is 6.10 Å².